The lowest BCUT2D eigenvalue weighted by atomic mass is 10.0. The summed E-state index contributed by atoms with van der Waals surface area (Å²) in [6.07, 6.45) is 3.35. The molecule has 2 aliphatic rings. The van der Waals surface area contributed by atoms with E-state index in [9.17, 15) is 4.79 Å². The third-order valence-corrected chi connectivity index (χ3v) is 5.55. The van der Waals surface area contributed by atoms with Crippen molar-refractivity contribution in [3.05, 3.63) is 29.6 Å². The predicted molar refractivity (Wildman–Crippen MR) is 105 cm³/mol. The maximum Gasteiger partial charge on any atom is 0.318 e. The zero-order chi connectivity index (χ0) is 18.6. The van der Waals surface area contributed by atoms with E-state index in [0.29, 0.717) is 6.54 Å². The highest BCUT2D eigenvalue weighted by molar-refractivity contribution is 5.77. The Morgan fingerprint density at radius 2 is 2.15 bits per heavy atom. The van der Waals surface area contributed by atoms with E-state index in [0.717, 1.165) is 69.1 Å². The minimum absolute atomic E-state index is 0.0181. The van der Waals surface area contributed by atoms with Crippen molar-refractivity contribution in [1.82, 2.24) is 25.1 Å². The average molecular weight is 371 g/mol. The van der Waals surface area contributed by atoms with Gasteiger partial charge in [0.15, 0.2) is 0 Å². The molecule has 0 unspecified atom stereocenters. The number of H-pyrrole nitrogens is 1. The molecular weight excluding hydrogens is 342 g/mol. The lowest BCUT2D eigenvalue weighted by Crippen LogP contribution is -2.54. The summed E-state index contributed by atoms with van der Waals surface area (Å²) in [6.45, 7) is 7.78. The number of aryl methyl sites for hydroxylation is 1. The molecule has 146 valence electrons. The van der Waals surface area contributed by atoms with Crippen LogP contribution in [0.2, 0.25) is 0 Å². The summed E-state index contributed by atoms with van der Waals surface area (Å²) in [4.78, 5) is 25.1. The smallest absolute Gasteiger partial charge is 0.318 e. The second-order valence-electron chi connectivity index (χ2n) is 7.62. The summed E-state index contributed by atoms with van der Waals surface area (Å²) in [5.41, 5.74) is 3.15. The van der Waals surface area contributed by atoms with Gasteiger partial charge in [0.05, 0.1) is 30.8 Å². The highest BCUT2D eigenvalue weighted by Gasteiger charge is 2.28. The second-order valence-corrected chi connectivity index (χ2v) is 7.62. The van der Waals surface area contributed by atoms with Crippen LogP contribution in [-0.4, -0.2) is 71.2 Å². The summed E-state index contributed by atoms with van der Waals surface area (Å²) >= 11 is 0. The first kappa shape index (κ1) is 18.3. The standard InChI is InChI=1S/C20H29N5O2/c1-15-5-6-17-18(12-15)23-19(22-17)13-21-20(26)25-7-3-2-4-16(25)14-24-8-10-27-11-9-24/h5-6,12,16H,2-4,7-11,13-14H2,1H3,(H,21,26)(H,22,23)/t16-/m1/s1. The number of imidazole rings is 1. The van der Waals surface area contributed by atoms with Gasteiger partial charge in [0.2, 0.25) is 0 Å². The number of aromatic amines is 1. The topological polar surface area (TPSA) is 73.5 Å². The van der Waals surface area contributed by atoms with Crippen LogP contribution in [0.3, 0.4) is 0 Å². The van der Waals surface area contributed by atoms with Crippen LogP contribution in [0, 0.1) is 6.92 Å². The van der Waals surface area contributed by atoms with Crippen molar-refractivity contribution in [2.75, 3.05) is 39.4 Å². The van der Waals surface area contributed by atoms with Crippen molar-refractivity contribution >= 4 is 17.1 Å². The van der Waals surface area contributed by atoms with E-state index in [1.54, 1.807) is 0 Å². The first-order chi connectivity index (χ1) is 13.2. The molecule has 0 spiro atoms. The number of ether oxygens (including phenoxy) is 1. The van der Waals surface area contributed by atoms with Gasteiger partial charge in [-0.25, -0.2) is 9.78 Å². The molecule has 27 heavy (non-hydrogen) atoms. The van der Waals surface area contributed by atoms with Crippen molar-refractivity contribution in [3.8, 4) is 0 Å². The lowest BCUT2D eigenvalue weighted by Gasteiger charge is -2.39. The molecule has 3 heterocycles. The fourth-order valence-electron chi connectivity index (χ4n) is 4.06. The number of nitrogens with zero attached hydrogens (tertiary/aromatic N) is 3. The Labute approximate surface area is 160 Å². The van der Waals surface area contributed by atoms with Gasteiger partial charge in [0.1, 0.15) is 5.82 Å². The summed E-state index contributed by atoms with van der Waals surface area (Å²) < 4.78 is 5.44. The van der Waals surface area contributed by atoms with Crippen LogP contribution in [0.5, 0.6) is 0 Å². The molecule has 2 fully saturated rings. The van der Waals surface area contributed by atoms with Crippen molar-refractivity contribution in [1.29, 1.82) is 0 Å². The summed E-state index contributed by atoms with van der Waals surface area (Å²) in [6, 6.07) is 6.45. The van der Waals surface area contributed by atoms with Crippen molar-refractivity contribution < 1.29 is 9.53 Å². The number of benzene rings is 1. The number of carbonyl (C=O) groups is 1. The molecule has 7 heteroatoms. The van der Waals surface area contributed by atoms with Crippen LogP contribution in [-0.2, 0) is 11.3 Å². The number of urea groups is 1. The number of hydrogen-bond donors (Lipinski definition) is 2. The number of rotatable bonds is 4. The Morgan fingerprint density at radius 1 is 1.30 bits per heavy atom. The molecule has 2 amide bonds. The lowest BCUT2D eigenvalue weighted by molar-refractivity contribution is 0.0221. The summed E-state index contributed by atoms with van der Waals surface area (Å²) in [5, 5.41) is 3.06. The molecule has 2 aliphatic heterocycles. The van der Waals surface area contributed by atoms with E-state index in [1.165, 1.54) is 12.0 Å². The van der Waals surface area contributed by atoms with E-state index < -0.39 is 0 Å². The third-order valence-electron chi connectivity index (χ3n) is 5.55. The highest BCUT2D eigenvalue weighted by Crippen LogP contribution is 2.19. The normalized spacial score (nSPS) is 21.5. The SMILES string of the molecule is Cc1ccc2nc(CNC(=O)N3CCCC[C@@H]3CN3CCOCC3)[nH]c2c1. The first-order valence-electron chi connectivity index (χ1n) is 9.99. The first-order valence-corrected chi connectivity index (χ1v) is 9.99. The fraction of sp³-hybridized carbons (Fsp3) is 0.600. The van der Waals surface area contributed by atoms with Crippen LogP contribution in [0.4, 0.5) is 4.79 Å². The van der Waals surface area contributed by atoms with Crippen LogP contribution in [0.1, 0.15) is 30.7 Å². The maximum absolute atomic E-state index is 12.8. The minimum Gasteiger partial charge on any atom is -0.379 e. The van der Waals surface area contributed by atoms with Gasteiger partial charge in [-0.1, -0.05) is 6.07 Å². The fourth-order valence-corrected chi connectivity index (χ4v) is 4.06. The molecule has 0 radical (unpaired) electrons. The van der Waals surface area contributed by atoms with E-state index in [4.69, 9.17) is 4.74 Å². The molecular formula is C20H29N5O2. The molecule has 1 atom stereocenters. The molecule has 2 saturated heterocycles. The van der Waals surface area contributed by atoms with Crippen LogP contribution in [0.25, 0.3) is 11.0 Å². The molecule has 0 aliphatic carbocycles. The van der Waals surface area contributed by atoms with E-state index in [-0.39, 0.29) is 12.1 Å². The Hall–Kier alpha value is -2.12. The van der Waals surface area contributed by atoms with E-state index >= 15 is 0 Å². The van der Waals surface area contributed by atoms with Gasteiger partial charge in [-0.15, -0.1) is 0 Å². The van der Waals surface area contributed by atoms with Crippen molar-refractivity contribution in [3.63, 3.8) is 0 Å². The third kappa shape index (κ3) is 4.42. The Morgan fingerprint density at radius 3 is 3.00 bits per heavy atom. The molecule has 2 N–H and O–H groups in total. The zero-order valence-electron chi connectivity index (χ0n) is 16.0. The van der Waals surface area contributed by atoms with Crippen molar-refractivity contribution in [2.45, 2.75) is 38.8 Å². The summed E-state index contributed by atoms with van der Waals surface area (Å²) in [7, 11) is 0. The monoisotopic (exact) mass is 371 g/mol. The number of carbonyl (C=O) groups excluding carboxylic acids is 1. The van der Waals surface area contributed by atoms with Gasteiger partial charge in [0.25, 0.3) is 0 Å². The number of piperidine rings is 1. The molecule has 1 aromatic carbocycles. The van der Waals surface area contributed by atoms with Gasteiger partial charge >= 0.3 is 6.03 Å². The number of aromatic nitrogens is 2. The zero-order valence-corrected chi connectivity index (χ0v) is 16.0. The number of likely N-dealkylation sites (tertiary alicyclic amines) is 1. The number of nitrogens with one attached hydrogen (secondary N) is 2. The summed E-state index contributed by atoms with van der Waals surface area (Å²) in [5.74, 6) is 0.797. The molecule has 7 nitrogen and oxygen atoms in total. The number of hydrogen-bond acceptors (Lipinski definition) is 4. The van der Waals surface area contributed by atoms with Crippen molar-refractivity contribution in [2.24, 2.45) is 0 Å². The van der Waals surface area contributed by atoms with Gasteiger partial charge in [-0.3, -0.25) is 4.90 Å². The van der Waals surface area contributed by atoms with Crippen LogP contribution < -0.4 is 5.32 Å². The highest BCUT2D eigenvalue weighted by atomic mass is 16.5. The average Bonchev–Trinajstić information content (AvgIpc) is 3.09. The second kappa shape index (κ2) is 8.27. The van der Waals surface area contributed by atoms with Crippen LogP contribution in [0.15, 0.2) is 18.2 Å². The number of fused-ring (bicyclic) bond motifs is 1. The van der Waals surface area contributed by atoms with E-state index in [2.05, 4.69) is 39.2 Å². The van der Waals surface area contributed by atoms with Gasteiger partial charge in [0, 0.05) is 32.2 Å². The number of amides is 2. The Bertz CT molecular complexity index is 784. The van der Waals surface area contributed by atoms with Crippen LogP contribution >= 0.6 is 0 Å². The molecule has 4 rings (SSSR count). The minimum atomic E-state index is 0.0181. The Kier molecular flexibility index (Phi) is 5.59. The molecule has 1 aromatic heterocycles. The molecule has 2 aromatic rings. The van der Waals surface area contributed by atoms with Gasteiger partial charge in [-0.05, 0) is 43.9 Å². The van der Waals surface area contributed by atoms with Gasteiger partial charge in [-0.2, -0.15) is 0 Å². The Balaban J connectivity index is 1.36. The molecule has 0 saturated carbocycles. The molecule has 0 bridgehead atoms. The maximum atomic E-state index is 12.8. The largest absolute Gasteiger partial charge is 0.379 e. The van der Waals surface area contributed by atoms with E-state index in [1.807, 2.05) is 11.0 Å². The quantitative estimate of drug-likeness (QED) is 0.865. The van der Waals surface area contributed by atoms with Gasteiger partial charge < -0.3 is 19.9 Å². The number of morpholine rings is 1. The predicted octanol–water partition coefficient (Wildman–Crippen LogP) is 2.27.